The fraction of sp³-hybridized carbons (Fsp3) is 0.636. The van der Waals surface area contributed by atoms with Crippen LogP contribution in [0.2, 0.25) is 0 Å². The van der Waals surface area contributed by atoms with E-state index < -0.39 is 10.0 Å². The minimum Gasteiger partial charge on any atom is -0.325 e. The lowest BCUT2D eigenvalue weighted by molar-refractivity contribution is -0.118. The summed E-state index contributed by atoms with van der Waals surface area (Å²) in [6.45, 7) is 5.19. The van der Waals surface area contributed by atoms with Gasteiger partial charge in [-0.25, -0.2) is 8.42 Å². The van der Waals surface area contributed by atoms with E-state index in [2.05, 4.69) is 33.8 Å². The summed E-state index contributed by atoms with van der Waals surface area (Å²) in [6.07, 6.45) is 8.32. The van der Waals surface area contributed by atoms with Crippen LogP contribution in [0.15, 0.2) is 34.2 Å². The molecular formula is C22H34N4O3S. The normalized spacial score (nSPS) is 18.3. The molecule has 0 unspecified atom stereocenters. The second-order valence-corrected chi connectivity index (χ2v) is 10.2. The van der Waals surface area contributed by atoms with Gasteiger partial charge in [-0.2, -0.15) is 0 Å². The quantitative estimate of drug-likeness (QED) is 0.687. The fourth-order valence-electron chi connectivity index (χ4n) is 4.25. The van der Waals surface area contributed by atoms with Crippen LogP contribution < -0.4 is 10.0 Å². The molecule has 30 heavy (non-hydrogen) atoms. The molecule has 7 nitrogen and oxygen atoms in total. The highest BCUT2D eigenvalue weighted by atomic mass is 32.2. The summed E-state index contributed by atoms with van der Waals surface area (Å²) in [5.41, 5.74) is 0.487. The minimum absolute atomic E-state index is 0.119. The molecule has 2 aliphatic rings. The number of amides is 1. The van der Waals surface area contributed by atoms with Crippen LogP contribution in [0.25, 0.3) is 0 Å². The smallest absolute Gasteiger partial charge is 0.262 e. The van der Waals surface area contributed by atoms with Crippen LogP contribution >= 0.6 is 0 Å². The number of aliphatic imine (C=N–C) groups is 1. The van der Waals surface area contributed by atoms with E-state index in [1.165, 1.54) is 25.0 Å². The molecule has 8 heteroatoms. The number of amidine groups is 1. The van der Waals surface area contributed by atoms with Crippen molar-refractivity contribution in [2.45, 2.75) is 82.2 Å². The summed E-state index contributed by atoms with van der Waals surface area (Å²) in [6, 6.07) is 7.15. The Balaban J connectivity index is 1.65. The van der Waals surface area contributed by atoms with Crippen LogP contribution in [-0.2, 0) is 14.8 Å². The highest BCUT2D eigenvalue weighted by molar-refractivity contribution is 7.90. The molecule has 3 rings (SSSR count). The molecule has 0 radical (unpaired) electrons. The second-order valence-electron chi connectivity index (χ2n) is 8.52. The van der Waals surface area contributed by atoms with Gasteiger partial charge in [0.2, 0.25) is 5.91 Å². The average molecular weight is 435 g/mol. The highest BCUT2D eigenvalue weighted by Crippen LogP contribution is 2.25. The minimum atomic E-state index is -3.73. The third-order valence-corrected chi connectivity index (χ3v) is 7.22. The molecule has 1 amide bonds. The first-order valence-corrected chi connectivity index (χ1v) is 12.6. The molecular weight excluding hydrogens is 400 g/mol. The SMILES string of the molecule is CC(C)N(CC(=O)Nc1cccc(S(=O)(=O)NC2=NCCCCC2)c1)C1CCCC1. The summed E-state index contributed by atoms with van der Waals surface area (Å²) in [5, 5.41) is 2.87. The Morgan fingerprint density at radius 1 is 1.17 bits per heavy atom. The van der Waals surface area contributed by atoms with E-state index in [0.29, 0.717) is 37.1 Å². The summed E-state index contributed by atoms with van der Waals surface area (Å²) in [4.78, 5) is 19.4. The Morgan fingerprint density at radius 2 is 1.93 bits per heavy atom. The zero-order chi connectivity index (χ0) is 21.6. The van der Waals surface area contributed by atoms with Gasteiger partial charge < -0.3 is 5.32 Å². The molecule has 1 saturated carbocycles. The van der Waals surface area contributed by atoms with Crippen molar-refractivity contribution in [3.63, 3.8) is 0 Å². The monoisotopic (exact) mass is 434 g/mol. The molecule has 0 saturated heterocycles. The maximum atomic E-state index is 12.8. The van der Waals surface area contributed by atoms with Crippen LogP contribution in [0.3, 0.4) is 0 Å². The topological polar surface area (TPSA) is 90.9 Å². The van der Waals surface area contributed by atoms with E-state index in [1.807, 2.05) is 0 Å². The number of nitrogens with zero attached hydrogens (tertiary/aromatic N) is 2. The van der Waals surface area contributed by atoms with E-state index in [4.69, 9.17) is 0 Å². The second kappa shape index (κ2) is 10.4. The molecule has 1 fully saturated rings. The number of sulfonamides is 1. The van der Waals surface area contributed by atoms with Crippen molar-refractivity contribution in [3.8, 4) is 0 Å². The van der Waals surface area contributed by atoms with Gasteiger partial charge in [0.1, 0.15) is 5.84 Å². The molecule has 2 N–H and O–H groups in total. The van der Waals surface area contributed by atoms with Crippen LogP contribution in [0.4, 0.5) is 5.69 Å². The predicted molar refractivity (Wildman–Crippen MR) is 120 cm³/mol. The van der Waals surface area contributed by atoms with Crippen molar-refractivity contribution in [1.82, 2.24) is 9.62 Å². The Hall–Kier alpha value is -1.93. The third kappa shape index (κ3) is 6.28. The molecule has 0 spiro atoms. The Kier molecular flexibility index (Phi) is 7.88. The van der Waals surface area contributed by atoms with Crippen molar-refractivity contribution in [2.75, 3.05) is 18.4 Å². The van der Waals surface area contributed by atoms with Crippen molar-refractivity contribution in [3.05, 3.63) is 24.3 Å². The van der Waals surface area contributed by atoms with E-state index in [0.717, 1.165) is 32.1 Å². The molecule has 1 aromatic rings. The molecule has 1 aliphatic carbocycles. The molecule has 0 aromatic heterocycles. The lowest BCUT2D eigenvalue weighted by Crippen LogP contribution is -2.43. The van der Waals surface area contributed by atoms with Crippen molar-refractivity contribution in [2.24, 2.45) is 4.99 Å². The van der Waals surface area contributed by atoms with Gasteiger partial charge in [-0.1, -0.05) is 25.3 Å². The molecule has 1 aromatic carbocycles. The van der Waals surface area contributed by atoms with Crippen LogP contribution in [0, 0.1) is 0 Å². The predicted octanol–water partition coefficient (Wildman–Crippen LogP) is 3.53. The lowest BCUT2D eigenvalue weighted by atomic mass is 10.1. The third-order valence-electron chi connectivity index (χ3n) is 5.84. The standard InChI is InChI=1S/C22H34N4O3S/c1-17(2)26(19-10-5-6-11-19)16-22(27)24-18-9-8-12-20(15-18)30(28,29)25-21-13-4-3-7-14-23-21/h8-9,12,15,17,19H,3-7,10-11,13-14,16H2,1-2H3,(H,23,25)(H,24,27). The van der Waals surface area contributed by atoms with Crippen LogP contribution in [0.5, 0.6) is 0 Å². The first kappa shape index (κ1) is 22.7. The number of hydrogen-bond donors (Lipinski definition) is 2. The maximum absolute atomic E-state index is 12.8. The van der Waals surface area contributed by atoms with E-state index in [9.17, 15) is 13.2 Å². The van der Waals surface area contributed by atoms with E-state index in [1.54, 1.807) is 12.1 Å². The van der Waals surface area contributed by atoms with E-state index >= 15 is 0 Å². The number of carbonyl (C=O) groups excluding carboxylic acids is 1. The van der Waals surface area contributed by atoms with Gasteiger partial charge in [0.15, 0.2) is 0 Å². The fourth-order valence-corrected chi connectivity index (χ4v) is 5.38. The number of rotatable bonds is 7. The Labute approximate surface area is 180 Å². The van der Waals surface area contributed by atoms with Gasteiger partial charge >= 0.3 is 0 Å². The summed E-state index contributed by atoms with van der Waals surface area (Å²) in [5.74, 6) is 0.400. The Morgan fingerprint density at radius 3 is 2.67 bits per heavy atom. The van der Waals surface area contributed by atoms with Crippen molar-refractivity contribution in [1.29, 1.82) is 0 Å². The van der Waals surface area contributed by atoms with Gasteiger partial charge in [0, 0.05) is 30.7 Å². The van der Waals surface area contributed by atoms with Crippen LogP contribution in [0.1, 0.15) is 65.2 Å². The number of anilines is 1. The average Bonchev–Trinajstić information content (AvgIpc) is 3.11. The largest absolute Gasteiger partial charge is 0.325 e. The molecule has 1 aliphatic heterocycles. The first-order valence-electron chi connectivity index (χ1n) is 11.1. The molecule has 1 heterocycles. The van der Waals surface area contributed by atoms with Gasteiger partial charge in [-0.3, -0.25) is 19.4 Å². The molecule has 0 bridgehead atoms. The van der Waals surface area contributed by atoms with Gasteiger partial charge in [0.25, 0.3) is 10.0 Å². The van der Waals surface area contributed by atoms with Gasteiger partial charge in [-0.05, 0) is 57.7 Å². The van der Waals surface area contributed by atoms with Gasteiger partial charge in [0.05, 0.1) is 11.4 Å². The zero-order valence-electron chi connectivity index (χ0n) is 18.1. The van der Waals surface area contributed by atoms with Gasteiger partial charge in [-0.15, -0.1) is 0 Å². The van der Waals surface area contributed by atoms with Crippen molar-refractivity contribution >= 4 is 27.5 Å². The van der Waals surface area contributed by atoms with Crippen molar-refractivity contribution < 1.29 is 13.2 Å². The number of nitrogens with one attached hydrogen (secondary N) is 2. The van der Waals surface area contributed by atoms with Crippen LogP contribution in [-0.4, -0.2) is 50.2 Å². The highest BCUT2D eigenvalue weighted by Gasteiger charge is 2.26. The lowest BCUT2D eigenvalue weighted by Gasteiger charge is -2.31. The number of carbonyl (C=O) groups is 1. The summed E-state index contributed by atoms with van der Waals surface area (Å²) >= 11 is 0. The first-order chi connectivity index (χ1) is 14.3. The maximum Gasteiger partial charge on any atom is 0.262 e. The summed E-state index contributed by atoms with van der Waals surface area (Å²) in [7, 11) is -3.73. The number of benzene rings is 1. The number of hydrogen-bond acceptors (Lipinski definition) is 5. The summed E-state index contributed by atoms with van der Waals surface area (Å²) < 4.78 is 28.2. The molecule has 166 valence electrons. The molecule has 0 atom stereocenters. The van der Waals surface area contributed by atoms with E-state index in [-0.39, 0.29) is 16.8 Å². The zero-order valence-corrected chi connectivity index (χ0v) is 18.9. The Bertz CT molecular complexity index is 861.